The first-order valence-corrected chi connectivity index (χ1v) is 31.3. The van der Waals surface area contributed by atoms with Crippen LogP contribution in [0.2, 0.25) is 0 Å². The minimum atomic E-state index is -0.757. The molecule has 3 heterocycles. The van der Waals surface area contributed by atoms with Crippen molar-refractivity contribution in [3.63, 3.8) is 0 Å². The van der Waals surface area contributed by atoms with Crippen molar-refractivity contribution in [1.82, 2.24) is 4.98 Å². The lowest BCUT2D eigenvalue weighted by molar-refractivity contribution is 0.591. The van der Waals surface area contributed by atoms with Crippen LogP contribution in [-0.4, -0.2) is 11.7 Å². The number of hydrogen-bond donors (Lipinski definition) is 1. The van der Waals surface area contributed by atoms with Crippen LogP contribution in [0.4, 0.5) is 34.1 Å². The summed E-state index contributed by atoms with van der Waals surface area (Å²) in [4.78, 5) is 8.87. The molecule has 92 heavy (non-hydrogen) atoms. The topological polar surface area (TPSA) is 22.3 Å². The van der Waals surface area contributed by atoms with Gasteiger partial charge in [0.2, 0.25) is 0 Å². The number of aromatic nitrogens is 1. The third-order valence-electron chi connectivity index (χ3n) is 18.5. The van der Waals surface area contributed by atoms with Crippen LogP contribution in [0.3, 0.4) is 0 Å². The summed E-state index contributed by atoms with van der Waals surface area (Å²) in [5, 5.41) is 1.87. The molecule has 4 heteroatoms. The molecule has 434 valence electrons. The van der Waals surface area contributed by atoms with E-state index in [4.69, 9.17) is 8.22 Å². The van der Waals surface area contributed by atoms with Crippen molar-refractivity contribution >= 4 is 79.0 Å². The van der Waals surface area contributed by atoms with Gasteiger partial charge in [0.15, 0.2) is 0 Å². The van der Waals surface area contributed by atoms with Crippen molar-refractivity contribution in [2.24, 2.45) is 0 Å². The van der Waals surface area contributed by atoms with E-state index >= 15 is 0 Å². The van der Waals surface area contributed by atoms with Gasteiger partial charge in [-0.3, -0.25) is 0 Å². The zero-order chi connectivity index (χ0) is 70.1. The zero-order valence-corrected chi connectivity index (χ0v) is 50.9. The standard InChI is InChI=1S/C88H64BN3/c1-88(2,3)67-55-75(63-35-18-8-19-36-63)86(76(56-67)64-37-20-9-21-38-64)92-81-52-48-66(60-31-14-6-15-32-60)54-78(81)89-77-53-65(59-29-12-5-13-30-59)47-51-80(77)91(68-49-45-61(46-50-68)58-27-10-4-11-28-58)87-83-74-44-26-43-73(85(74)90-79(83)57-82(92)84(87)89)72-42-25-24-41-71(72)70-40-23-22-39-69(70)62-33-16-7-17-34-62/h4-57,90H,1-3H3/i5D,6D,12D,13D,14D,15D,29D,30D,31D,32D. The minimum Gasteiger partial charge on any atom is -0.354 e. The molecule has 0 spiro atoms. The molecular weight excluding hydrogens is 1110 g/mol. The van der Waals surface area contributed by atoms with Crippen molar-refractivity contribution in [3.8, 4) is 89.0 Å². The average Bonchev–Trinajstić information content (AvgIpc) is 1.40. The highest BCUT2D eigenvalue weighted by atomic mass is 15.2. The van der Waals surface area contributed by atoms with Gasteiger partial charge in [-0.25, -0.2) is 0 Å². The van der Waals surface area contributed by atoms with Crippen molar-refractivity contribution in [2.45, 2.75) is 26.2 Å². The number of benzene rings is 14. The van der Waals surface area contributed by atoms with Crippen molar-refractivity contribution < 1.29 is 13.7 Å². The van der Waals surface area contributed by atoms with Crippen LogP contribution in [0, 0.1) is 0 Å². The number of fused-ring (bicyclic) bond motifs is 8. The summed E-state index contributed by atoms with van der Waals surface area (Å²) in [6.07, 6.45) is 0. The Morgan fingerprint density at radius 1 is 0.337 bits per heavy atom. The predicted molar refractivity (Wildman–Crippen MR) is 392 cm³/mol. The Labute approximate surface area is 553 Å². The highest BCUT2D eigenvalue weighted by Crippen LogP contribution is 2.55. The third-order valence-corrected chi connectivity index (χ3v) is 18.5. The minimum absolute atomic E-state index is 0.0428. The molecule has 0 bridgehead atoms. The predicted octanol–water partition coefficient (Wildman–Crippen LogP) is 22.0. The Balaban J connectivity index is 1.06. The Hall–Kier alpha value is -11.5. The first kappa shape index (κ1) is 44.9. The van der Waals surface area contributed by atoms with E-state index in [1.54, 1.807) is 0 Å². The molecule has 15 aromatic rings. The zero-order valence-electron chi connectivity index (χ0n) is 60.9. The third kappa shape index (κ3) is 9.20. The van der Waals surface area contributed by atoms with Crippen molar-refractivity contribution in [3.05, 3.63) is 333 Å². The van der Waals surface area contributed by atoms with Gasteiger partial charge in [0, 0.05) is 50.2 Å². The molecule has 0 atom stereocenters. The molecular formula is C88H64BN3. The first-order valence-electron chi connectivity index (χ1n) is 36.3. The molecule has 17 rings (SSSR count). The van der Waals surface area contributed by atoms with E-state index in [1.807, 2.05) is 72.8 Å². The molecule has 0 saturated heterocycles. The average molecular weight is 1180 g/mol. The smallest absolute Gasteiger partial charge is 0.252 e. The van der Waals surface area contributed by atoms with E-state index < -0.39 is 43.0 Å². The summed E-state index contributed by atoms with van der Waals surface area (Å²) in [6, 6.07) is 88.5. The van der Waals surface area contributed by atoms with Crippen LogP contribution in [0.5, 0.6) is 0 Å². The maximum absolute atomic E-state index is 9.55. The fourth-order valence-corrected chi connectivity index (χ4v) is 14.3. The summed E-state index contributed by atoms with van der Waals surface area (Å²) >= 11 is 0. The molecule has 0 fully saturated rings. The van der Waals surface area contributed by atoms with Crippen molar-refractivity contribution in [2.75, 3.05) is 9.80 Å². The molecule has 0 saturated carbocycles. The summed E-state index contributed by atoms with van der Waals surface area (Å²) in [7, 11) is 0. The lowest BCUT2D eigenvalue weighted by Crippen LogP contribution is -2.61. The fourth-order valence-electron chi connectivity index (χ4n) is 14.3. The molecule has 0 radical (unpaired) electrons. The number of anilines is 6. The Kier molecular flexibility index (Phi) is 10.9. The van der Waals surface area contributed by atoms with E-state index in [0.29, 0.717) is 11.1 Å². The van der Waals surface area contributed by atoms with Gasteiger partial charge in [-0.15, -0.1) is 0 Å². The fraction of sp³-hybridized carbons (Fsp3) is 0.0455. The van der Waals surface area contributed by atoms with Crippen molar-refractivity contribution in [1.29, 1.82) is 0 Å². The van der Waals surface area contributed by atoms with Crippen LogP contribution < -0.4 is 26.2 Å². The van der Waals surface area contributed by atoms with Gasteiger partial charge in [-0.2, -0.15) is 0 Å². The summed E-state index contributed by atoms with van der Waals surface area (Å²) < 4.78 is 91.7. The number of H-pyrrole nitrogens is 1. The number of rotatable bonds is 10. The summed E-state index contributed by atoms with van der Waals surface area (Å²) in [5.41, 5.74) is 22.9. The number of hydrogen-bond acceptors (Lipinski definition) is 2. The Morgan fingerprint density at radius 3 is 1.30 bits per heavy atom. The molecule has 0 amide bonds. The van der Waals surface area contributed by atoms with Gasteiger partial charge in [0.25, 0.3) is 6.71 Å². The Bertz CT molecular complexity index is 5820. The van der Waals surface area contributed by atoms with Crippen LogP contribution in [0.15, 0.2) is 327 Å². The molecule has 0 aliphatic carbocycles. The van der Waals surface area contributed by atoms with E-state index in [1.165, 1.54) is 0 Å². The second kappa shape index (κ2) is 22.2. The maximum atomic E-state index is 9.55. The van der Waals surface area contributed by atoms with Crippen LogP contribution in [0.25, 0.3) is 111 Å². The maximum Gasteiger partial charge on any atom is 0.252 e. The number of para-hydroxylation sites is 1. The van der Waals surface area contributed by atoms with Crippen LogP contribution in [0.1, 0.15) is 40.0 Å². The lowest BCUT2D eigenvalue weighted by Gasteiger charge is -2.45. The van der Waals surface area contributed by atoms with Gasteiger partial charge >= 0.3 is 0 Å². The highest BCUT2D eigenvalue weighted by molar-refractivity contribution is 7.00. The van der Waals surface area contributed by atoms with E-state index in [9.17, 15) is 5.48 Å². The van der Waals surface area contributed by atoms with Gasteiger partial charge in [-0.1, -0.05) is 306 Å². The second-order valence-corrected chi connectivity index (χ2v) is 24.9. The van der Waals surface area contributed by atoms with Gasteiger partial charge in [-0.05, 0) is 142 Å². The van der Waals surface area contributed by atoms with E-state index in [0.717, 1.165) is 145 Å². The first-order chi connectivity index (χ1) is 49.4. The van der Waals surface area contributed by atoms with E-state index in [-0.39, 0.29) is 40.7 Å². The number of aromatic amines is 1. The molecule has 2 aliphatic rings. The van der Waals surface area contributed by atoms with Gasteiger partial charge < -0.3 is 14.8 Å². The Morgan fingerprint density at radius 2 is 0.772 bits per heavy atom. The largest absolute Gasteiger partial charge is 0.354 e. The second-order valence-electron chi connectivity index (χ2n) is 24.9. The molecule has 2 aliphatic heterocycles. The highest BCUT2D eigenvalue weighted by Gasteiger charge is 2.46. The molecule has 1 N–H and O–H groups in total. The van der Waals surface area contributed by atoms with Crippen LogP contribution >= 0.6 is 0 Å². The lowest BCUT2D eigenvalue weighted by atomic mass is 9.33. The number of nitrogens with one attached hydrogen (secondary N) is 1. The van der Waals surface area contributed by atoms with Gasteiger partial charge in [0.1, 0.15) is 0 Å². The van der Waals surface area contributed by atoms with Gasteiger partial charge in [0.05, 0.1) is 36.1 Å². The molecule has 1 aromatic heterocycles. The van der Waals surface area contributed by atoms with E-state index in [2.05, 4.69) is 230 Å². The summed E-state index contributed by atoms with van der Waals surface area (Å²) in [6.45, 7) is 5.95. The summed E-state index contributed by atoms with van der Waals surface area (Å²) in [5.74, 6) is 0. The SMILES string of the molecule is [2H]c1c([2H])c([2H])c(-c2ccc3c(c2)B2c4cc(-c5c([2H])c([2H])c([2H])c([2H])c5[2H])ccc4N(c4ccc(-c5ccccc5)cc4)c4c2c(cc2[nH]c5c(-c6ccccc6-c6ccccc6-c6ccccc6)cccc5c42)N3c2c(-c3ccccc3)cc(C(C)(C)C)cc2-c2ccccc2)c([2H])c1[2H]. The molecule has 3 nitrogen and oxygen atoms in total. The molecule has 0 unspecified atom stereocenters. The number of nitrogens with zero attached hydrogens (tertiary/aromatic N) is 2. The van der Waals surface area contributed by atoms with Crippen LogP contribution in [-0.2, 0) is 5.41 Å². The monoisotopic (exact) mass is 1180 g/mol. The normalized spacial score (nSPS) is 14.0. The molecule has 14 aromatic carbocycles. The quantitative estimate of drug-likeness (QED) is 0.138.